The van der Waals surface area contributed by atoms with Crippen molar-refractivity contribution in [3.8, 4) is 0 Å². The second-order valence-electron chi connectivity index (χ2n) is 2.84. The van der Waals surface area contributed by atoms with E-state index in [0.29, 0.717) is 13.2 Å². The fourth-order valence-electron chi connectivity index (χ4n) is 1.09. The largest absolute Gasteiger partial charge is 0.510 e. The molecule has 13 heavy (non-hydrogen) atoms. The molecule has 1 fully saturated rings. The second-order valence-corrected chi connectivity index (χ2v) is 3.46. The summed E-state index contributed by atoms with van der Waals surface area (Å²) < 4.78 is 14.7. The molecule has 1 aliphatic rings. The summed E-state index contributed by atoms with van der Waals surface area (Å²) >= 11 is 5.44. The van der Waals surface area contributed by atoms with E-state index in [4.69, 9.17) is 21.1 Å². The third-order valence-electron chi connectivity index (χ3n) is 1.69. The maximum absolute atomic E-state index is 11.0. The number of ether oxygens (including phenoxy) is 3. The van der Waals surface area contributed by atoms with Crippen LogP contribution in [0.2, 0.25) is 0 Å². The first-order chi connectivity index (χ1) is 6.18. The van der Waals surface area contributed by atoms with Crippen LogP contribution in [0, 0.1) is 0 Å². The molecule has 76 valence electrons. The van der Waals surface area contributed by atoms with E-state index in [-0.39, 0.29) is 6.10 Å². The molecule has 4 nitrogen and oxygen atoms in total. The Balaban J connectivity index is 2.18. The van der Waals surface area contributed by atoms with Crippen molar-refractivity contribution >= 4 is 17.8 Å². The van der Waals surface area contributed by atoms with Crippen molar-refractivity contribution in [2.75, 3.05) is 13.2 Å². The smallest absolute Gasteiger partial charge is 0.431 e. The lowest BCUT2D eigenvalue weighted by molar-refractivity contribution is -0.0297. The zero-order valence-electron chi connectivity index (χ0n) is 7.49. The van der Waals surface area contributed by atoms with Crippen molar-refractivity contribution in [1.82, 2.24) is 0 Å². The van der Waals surface area contributed by atoms with Gasteiger partial charge in [-0.05, 0) is 6.92 Å². The molecule has 1 atom stereocenters. The summed E-state index contributed by atoms with van der Waals surface area (Å²) in [6.45, 7) is 2.83. The van der Waals surface area contributed by atoms with Gasteiger partial charge in [0, 0.05) is 12.8 Å². The molecular weight excluding hydrogens is 196 g/mol. The van der Waals surface area contributed by atoms with E-state index >= 15 is 0 Å². The molecule has 1 saturated heterocycles. The quantitative estimate of drug-likeness (QED) is 0.514. The Kier molecular flexibility index (Phi) is 4.32. The summed E-state index contributed by atoms with van der Waals surface area (Å²) in [4.78, 5) is 11.0. The molecule has 0 spiro atoms. The fraction of sp³-hybridized carbons (Fsp3) is 0.875. The summed E-state index contributed by atoms with van der Waals surface area (Å²) in [6, 6.07) is 0. The van der Waals surface area contributed by atoms with E-state index < -0.39 is 11.7 Å². The Bertz CT molecular complexity index is 166. The number of rotatable bonds is 2. The highest BCUT2D eigenvalue weighted by atomic mass is 35.5. The van der Waals surface area contributed by atoms with Crippen molar-refractivity contribution < 1.29 is 19.0 Å². The summed E-state index contributed by atoms with van der Waals surface area (Å²) in [6.07, 6.45) is 0.670. The van der Waals surface area contributed by atoms with E-state index in [1.165, 1.54) is 0 Å². The normalized spacial score (nSPS) is 20.8. The third-order valence-corrected chi connectivity index (χ3v) is 1.78. The van der Waals surface area contributed by atoms with Gasteiger partial charge in [-0.1, -0.05) is 11.6 Å². The number of carbonyl (C=O) groups is 1. The molecule has 0 radical (unpaired) electrons. The average molecular weight is 209 g/mol. The highest BCUT2D eigenvalue weighted by Gasteiger charge is 2.19. The molecule has 1 heterocycles. The van der Waals surface area contributed by atoms with Gasteiger partial charge in [-0.3, -0.25) is 0 Å². The summed E-state index contributed by atoms with van der Waals surface area (Å²) in [5, 5.41) is 0. The van der Waals surface area contributed by atoms with Crippen LogP contribution >= 0.6 is 11.6 Å². The van der Waals surface area contributed by atoms with Crippen molar-refractivity contribution in [3.05, 3.63) is 0 Å². The summed E-state index contributed by atoms with van der Waals surface area (Å²) in [5.41, 5.74) is -0.646. The molecular formula is C8H13ClO4. The molecule has 0 N–H and O–H groups in total. The van der Waals surface area contributed by atoms with Crippen molar-refractivity contribution in [2.24, 2.45) is 0 Å². The van der Waals surface area contributed by atoms with Crippen LogP contribution in [-0.2, 0) is 14.2 Å². The molecule has 0 amide bonds. The molecule has 1 rings (SSSR count). The van der Waals surface area contributed by atoms with Gasteiger partial charge in [0.25, 0.3) is 0 Å². The molecule has 0 aromatic carbocycles. The van der Waals surface area contributed by atoms with E-state index in [1.54, 1.807) is 6.92 Å². The van der Waals surface area contributed by atoms with Crippen molar-refractivity contribution in [3.63, 3.8) is 0 Å². The van der Waals surface area contributed by atoms with Crippen LogP contribution < -0.4 is 0 Å². The van der Waals surface area contributed by atoms with Crippen molar-refractivity contribution in [2.45, 2.75) is 31.4 Å². The third kappa shape index (κ3) is 4.33. The van der Waals surface area contributed by atoms with Gasteiger partial charge in [0.2, 0.25) is 0 Å². The molecule has 5 heteroatoms. The van der Waals surface area contributed by atoms with E-state index in [1.807, 2.05) is 0 Å². The molecule has 1 unspecified atom stereocenters. The van der Waals surface area contributed by atoms with Crippen LogP contribution in [0.15, 0.2) is 0 Å². The van der Waals surface area contributed by atoms with Gasteiger partial charge in [0.15, 0.2) is 5.56 Å². The molecule has 0 aliphatic carbocycles. The average Bonchev–Trinajstić information content (AvgIpc) is 2.04. The lowest BCUT2D eigenvalue weighted by Gasteiger charge is -2.21. The number of alkyl halides is 1. The molecule has 1 aliphatic heterocycles. The van der Waals surface area contributed by atoms with Gasteiger partial charge in [0.05, 0.1) is 13.2 Å². The predicted molar refractivity (Wildman–Crippen MR) is 46.7 cm³/mol. The van der Waals surface area contributed by atoms with Gasteiger partial charge < -0.3 is 14.2 Å². The summed E-state index contributed by atoms with van der Waals surface area (Å²) in [5.74, 6) is 0. The lowest BCUT2D eigenvalue weighted by Crippen LogP contribution is -2.27. The lowest BCUT2D eigenvalue weighted by atomic mass is 10.2. The molecule has 0 bridgehead atoms. The Hall–Kier alpha value is -0.480. The number of halogens is 1. The van der Waals surface area contributed by atoms with Crippen molar-refractivity contribution in [1.29, 1.82) is 0 Å². The van der Waals surface area contributed by atoms with Gasteiger partial charge in [-0.15, -0.1) is 0 Å². The number of hydrogen-bond acceptors (Lipinski definition) is 4. The van der Waals surface area contributed by atoms with Crippen LogP contribution in [0.25, 0.3) is 0 Å². The number of carbonyl (C=O) groups excluding carboxylic acids is 1. The van der Waals surface area contributed by atoms with Crippen LogP contribution in [0.4, 0.5) is 4.79 Å². The number of hydrogen-bond donors (Lipinski definition) is 0. The molecule has 0 aromatic rings. The Morgan fingerprint density at radius 1 is 1.54 bits per heavy atom. The standard InChI is InChI=1S/C8H13ClO4/c1-6(9)12-8(10)13-7-2-4-11-5-3-7/h6-7H,2-5H2,1H3. The van der Waals surface area contributed by atoms with Gasteiger partial charge in [0.1, 0.15) is 6.10 Å². The minimum absolute atomic E-state index is 0.0864. The molecule has 0 saturated carbocycles. The predicted octanol–water partition coefficient (Wildman–Crippen LogP) is 1.90. The zero-order chi connectivity index (χ0) is 9.68. The van der Waals surface area contributed by atoms with Crippen LogP contribution in [0.3, 0.4) is 0 Å². The monoisotopic (exact) mass is 208 g/mol. The van der Waals surface area contributed by atoms with Gasteiger partial charge >= 0.3 is 6.16 Å². The topological polar surface area (TPSA) is 44.8 Å². The summed E-state index contributed by atoms with van der Waals surface area (Å²) in [7, 11) is 0. The first kappa shape index (κ1) is 10.6. The first-order valence-electron chi connectivity index (χ1n) is 4.27. The highest BCUT2D eigenvalue weighted by Crippen LogP contribution is 2.12. The zero-order valence-corrected chi connectivity index (χ0v) is 8.25. The Morgan fingerprint density at radius 3 is 2.69 bits per heavy atom. The maximum Gasteiger partial charge on any atom is 0.510 e. The molecule has 0 aromatic heterocycles. The van der Waals surface area contributed by atoms with Gasteiger partial charge in [-0.2, -0.15) is 0 Å². The van der Waals surface area contributed by atoms with E-state index in [2.05, 4.69) is 4.74 Å². The van der Waals surface area contributed by atoms with Crippen LogP contribution in [0.1, 0.15) is 19.8 Å². The second kappa shape index (κ2) is 5.29. The van der Waals surface area contributed by atoms with E-state index in [0.717, 1.165) is 12.8 Å². The Labute approximate surface area is 82.1 Å². The highest BCUT2D eigenvalue weighted by molar-refractivity contribution is 6.19. The Morgan fingerprint density at radius 2 is 2.15 bits per heavy atom. The van der Waals surface area contributed by atoms with Gasteiger partial charge in [-0.25, -0.2) is 4.79 Å². The minimum atomic E-state index is -0.700. The van der Waals surface area contributed by atoms with Crippen LogP contribution in [-0.4, -0.2) is 31.0 Å². The fourth-order valence-corrected chi connectivity index (χ4v) is 1.16. The van der Waals surface area contributed by atoms with Crippen LogP contribution in [0.5, 0.6) is 0 Å². The SMILES string of the molecule is CC(Cl)OC(=O)OC1CCOCC1. The van der Waals surface area contributed by atoms with E-state index in [9.17, 15) is 4.79 Å². The maximum atomic E-state index is 11.0. The first-order valence-corrected chi connectivity index (χ1v) is 4.71. The minimum Gasteiger partial charge on any atom is -0.431 e.